The Bertz CT molecular complexity index is 388. The minimum Gasteiger partial charge on any atom is -0.379 e. The highest BCUT2D eigenvalue weighted by atomic mass is 32.1. The van der Waals surface area contributed by atoms with E-state index in [9.17, 15) is 4.79 Å². The topological polar surface area (TPSA) is 42.4 Å². The van der Waals surface area contributed by atoms with Gasteiger partial charge in [-0.15, -0.1) is 11.3 Å². The van der Waals surface area contributed by atoms with Crippen molar-refractivity contribution < 1.29 is 9.53 Å². The SMILES string of the molecule is CCC(C)(C(=O)Cc1nccs1)N1CCOCC1. The van der Waals surface area contributed by atoms with Gasteiger partial charge in [-0.2, -0.15) is 0 Å². The van der Waals surface area contributed by atoms with Crippen LogP contribution >= 0.6 is 11.3 Å². The maximum absolute atomic E-state index is 12.5. The van der Waals surface area contributed by atoms with Crippen LogP contribution in [0.4, 0.5) is 0 Å². The van der Waals surface area contributed by atoms with Crippen LogP contribution in [0.3, 0.4) is 0 Å². The Labute approximate surface area is 112 Å². The predicted octanol–water partition coefficient (Wildman–Crippen LogP) is 1.76. The molecule has 0 bridgehead atoms. The number of aromatic nitrogens is 1. The van der Waals surface area contributed by atoms with Crippen molar-refractivity contribution in [3.05, 3.63) is 16.6 Å². The zero-order valence-electron chi connectivity index (χ0n) is 11.0. The third-order valence-electron chi connectivity index (χ3n) is 3.79. The number of ether oxygens (including phenoxy) is 1. The van der Waals surface area contributed by atoms with Crippen molar-refractivity contribution in [1.82, 2.24) is 9.88 Å². The second-order valence-corrected chi connectivity index (χ2v) is 5.73. The third kappa shape index (κ3) is 2.79. The normalized spacial score (nSPS) is 20.6. The van der Waals surface area contributed by atoms with Crippen LogP contribution in [0.15, 0.2) is 11.6 Å². The van der Waals surface area contributed by atoms with Gasteiger partial charge in [0, 0.05) is 24.7 Å². The van der Waals surface area contributed by atoms with Crippen LogP contribution in [0.25, 0.3) is 0 Å². The predicted molar refractivity (Wildman–Crippen MR) is 71.9 cm³/mol. The molecule has 0 N–H and O–H groups in total. The largest absolute Gasteiger partial charge is 0.379 e. The highest BCUT2D eigenvalue weighted by Crippen LogP contribution is 2.24. The van der Waals surface area contributed by atoms with Crippen LogP contribution < -0.4 is 0 Å². The molecule has 0 amide bonds. The van der Waals surface area contributed by atoms with Gasteiger partial charge >= 0.3 is 0 Å². The molecule has 1 fully saturated rings. The maximum atomic E-state index is 12.5. The Kier molecular flexibility index (Phi) is 4.48. The van der Waals surface area contributed by atoms with Gasteiger partial charge in [0.2, 0.25) is 0 Å². The number of ketones is 1. The molecule has 0 aromatic carbocycles. The van der Waals surface area contributed by atoms with Gasteiger partial charge in [-0.25, -0.2) is 4.98 Å². The molecular weight excluding hydrogens is 248 g/mol. The maximum Gasteiger partial charge on any atom is 0.159 e. The molecule has 1 unspecified atom stereocenters. The van der Waals surface area contributed by atoms with E-state index in [-0.39, 0.29) is 11.3 Å². The van der Waals surface area contributed by atoms with Gasteiger partial charge in [-0.1, -0.05) is 6.92 Å². The average Bonchev–Trinajstić information content (AvgIpc) is 2.91. The van der Waals surface area contributed by atoms with Gasteiger partial charge in [-0.3, -0.25) is 9.69 Å². The number of morpholine rings is 1. The number of hydrogen-bond donors (Lipinski definition) is 0. The van der Waals surface area contributed by atoms with Crippen molar-refractivity contribution in [1.29, 1.82) is 0 Å². The molecule has 18 heavy (non-hydrogen) atoms. The first-order valence-corrected chi connectivity index (χ1v) is 7.29. The molecule has 1 atom stereocenters. The van der Waals surface area contributed by atoms with E-state index >= 15 is 0 Å². The summed E-state index contributed by atoms with van der Waals surface area (Å²) in [6, 6.07) is 0. The summed E-state index contributed by atoms with van der Waals surface area (Å²) in [6.07, 6.45) is 3.03. The molecule has 1 aromatic heterocycles. The van der Waals surface area contributed by atoms with Crippen LogP contribution in [0.5, 0.6) is 0 Å². The molecule has 5 heteroatoms. The van der Waals surface area contributed by atoms with Gasteiger partial charge in [0.05, 0.1) is 30.2 Å². The van der Waals surface area contributed by atoms with Crippen molar-refractivity contribution in [2.45, 2.75) is 32.2 Å². The lowest BCUT2D eigenvalue weighted by atomic mass is 9.89. The number of rotatable bonds is 5. The molecule has 1 aliphatic rings. The number of Topliss-reactive ketones (excluding diaryl/α,β-unsaturated/α-hetero) is 1. The smallest absolute Gasteiger partial charge is 0.159 e. The standard InChI is InChI=1S/C13H20N2O2S/c1-3-13(2,15-5-7-17-8-6-15)11(16)10-12-14-4-9-18-12/h4,9H,3,5-8,10H2,1-2H3. The minimum atomic E-state index is -0.380. The first kappa shape index (κ1) is 13.6. The first-order chi connectivity index (χ1) is 8.66. The molecule has 0 aliphatic carbocycles. The lowest BCUT2D eigenvalue weighted by molar-refractivity contribution is -0.133. The Morgan fingerprint density at radius 1 is 1.56 bits per heavy atom. The van der Waals surface area contributed by atoms with Crippen LogP contribution in [0.2, 0.25) is 0 Å². The average molecular weight is 268 g/mol. The number of carbonyl (C=O) groups is 1. The molecular formula is C13H20N2O2S. The summed E-state index contributed by atoms with van der Waals surface area (Å²) < 4.78 is 5.36. The summed E-state index contributed by atoms with van der Waals surface area (Å²) in [7, 11) is 0. The summed E-state index contributed by atoms with van der Waals surface area (Å²) in [5, 5.41) is 2.83. The van der Waals surface area contributed by atoms with Crippen LogP contribution in [0, 0.1) is 0 Å². The van der Waals surface area contributed by atoms with Crippen LogP contribution in [-0.2, 0) is 16.0 Å². The number of carbonyl (C=O) groups excluding carboxylic acids is 1. The fourth-order valence-electron chi connectivity index (χ4n) is 2.32. The number of hydrogen-bond acceptors (Lipinski definition) is 5. The van der Waals surface area contributed by atoms with Gasteiger partial charge in [0.1, 0.15) is 0 Å². The molecule has 1 saturated heterocycles. The number of thiazole rings is 1. The molecule has 4 nitrogen and oxygen atoms in total. The van der Waals surface area contributed by atoms with Crippen molar-refractivity contribution in [3.63, 3.8) is 0 Å². The van der Waals surface area contributed by atoms with E-state index in [1.54, 1.807) is 17.5 Å². The van der Waals surface area contributed by atoms with Crippen molar-refractivity contribution in [2.75, 3.05) is 26.3 Å². The van der Waals surface area contributed by atoms with Crippen LogP contribution in [-0.4, -0.2) is 47.5 Å². The van der Waals surface area contributed by atoms with Gasteiger partial charge in [-0.05, 0) is 13.3 Å². The van der Waals surface area contributed by atoms with Crippen LogP contribution in [0.1, 0.15) is 25.3 Å². The fourth-order valence-corrected chi connectivity index (χ4v) is 2.94. The fraction of sp³-hybridized carbons (Fsp3) is 0.692. The zero-order valence-corrected chi connectivity index (χ0v) is 11.8. The van der Waals surface area contributed by atoms with Gasteiger partial charge in [0.25, 0.3) is 0 Å². The van der Waals surface area contributed by atoms with Gasteiger partial charge < -0.3 is 4.74 Å². The van der Waals surface area contributed by atoms with Gasteiger partial charge in [0.15, 0.2) is 5.78 Å². The quantitative estimate of drug-likeness (QED) is 0.816. The Morgan fingerprint density at radius 3 is 2.83 bits per heavy atom. The molecule has 0 spiro atoms. The molecule has 100 valence electrons. The second-order valence-electron chi connectivity index (χ2n) is 4.75. The van der Waals surface area contributed by atoms with E-state index in [0.29, 0.717) is 6.42 Å². The van der Waals surface area contributed by atoms with E-state index in [4.69, 9.17) is 4.74 Å². The molecule has 0 saturated carbocycles. The Balaban J connectivity index is 2.07. The van der Waals surface area contributed by atoms with Crippen molar-refractivity contribution >= 4 is 17.1 Å². The van der Waals surface area contributed by atoms with E-state index in [0.717, 1.165) is 37.7 Å². The van der Waals surface area contributed by atoms with E-state index in [1.807, 2.05) is 12.3 Å². The summed E-state index contributed by atoms with van der Waals surface area (Å²) in [5.41, 5.74) is -0.380. The van der Waals surface area contributed by atoms with E-state index in [2.05, 4.69) is 16.8 Å². The number of nitrogens with zero attached hydrogens (tertiary/aromatic N) is 2. The Hall–Kier alpha value is -0.780. The van der Waals surface area contributed by atoms with E-state index < -0.39 is 0 Å². The third-order valence-corrected chi connectivity index (χ3v) is 4.57. The molecule has 2 rings (SSSR count). The molecule has 1 aliphatic heterocycles. The van der Waals surface area contributed by atoms with E-state index in [1.165, 1.54) is 0 Å². The zero-order chi connectivity index (χ0) is 13.0. The van der Waals surface area contributed by atoms with Crippen molar-refractivity contribution in [2.24, 2.45) is 0 Å². The summed E-state index contributed by atoms with van der Waals surface area (Å²) in [4.78, 5) is 19.0. The summed E-state index contributed by atoms with van der Waals surface area (Å²) in [5.74, 6) is 0.266. The first-order valence-electron chi connectivity index (χ1n) is 6.41. The molecule has 2 heterocycles. The Morgan fingerprint density at radius 2 is 2.28 bits per heavy atom. The summed E-state index contributed by atoms with van der Waals surface area (Å²) in [6.45, 7) is 7.26. The summed E-state index contributed by atoms with van der Waals surface area (Å²) >= 11 is 1.55. The molecule has 0 radical (unpaired) electrons. The highest BCUT2D eigenvalue weighted by molar-refractivity contribution is 7.09. The highest BCUT2D eigenvalue weighted by Gasteiger charge is 2.38. The minimum absolute atomic E-state index is 0.266. The lowest BCUT2D eigenvalue weighted by Crippen LogP contribution is -2.56. The monoisotopic (exact) mass is 268 g/mol. The van der Waals surface area contributed by atoms with Crippen molar-refractivity contribution in [3.8, 4) is 0 Å². The second kappa shape index (κ2) is 5.91. The molecule has 1 aromatic rings. The lowest BCUT2D eigenvalue weighted by Gasteiger charge is -2.41.